The van der Waals surface area contributed by atoms with E-state index in [0.29, 0.717) is 34.3 Å². The maximum absolute atomic E-state index is 12.9. The Balaban J connectivity index is 1.84. The molecule has 0 saturated heterocycles. The van der Waals surface area contributed by atoms with Gasteiger partial charge in [0.2, 0.25) is 5.95 Å². The van der Waals surface area contributed by atoms with E-state index in [0.717, 1.165) is 5.56 Å². The van der Waals surface area contributed by atoms with E-state index in [1.807, 2.05) is 12.1 Å². The summed E-state index contributed by atoms with van der Waals surface area (Å²) >= 11 is 5.87. The number of anilines is 2. The first-order valence-electron chi connectivity index (χ1n) is 7.38. The van der Waals surface area contributed by atoms with Crippen molar-refractivity contribution in [3.63, 3.8) is 0 Å². The smallest absolute Gasteiger partial charge is 0.256 e. The molecule has 2 aromatic carbocycles. The number of nitrogens with one attached hydrogen (secondary N) is 2. The second kappa shape index (κ2) is 6.84. The molecule has 0 aliphatic carbocycles. The highest BCUT2D eigenvalue weighted by atomic mass is 35.5. The SMILES string of the molecule is Cc1nc(Nc2ccc(F)cc2)[nH]c(=O)c1Cc1ccc(Cl)cc1. The molecule has 0 aliphatic rings. The van der Waals surface area contributed by atoms with Crippen molar-refractivity contribution in [3.05, 3.63) is 86.5 Å². The van der Waals surface area contributed by atoms with E-state index in [-0.39, 0.29) is 11.4 Å². The van der Waals surface area contributed by atoms with E-state index >= 15 is 0 Å². The minimum Gasteiger partial charge on any atom is -0.326 e. The van der Waals surface area contributed by atoms with Gasteiger partial charge in [-0.05, 0) is 48.9 Å². The van der Waals surface area contributed by atoms with E-state index in [1.54, 1.807) is 31.2 Å². The Kier molecular flexibility index (Phi) is 4.62. The topological polar surface area (TPSA) is 57.8 Å². The number of halogens is 2. The minimum absolute atomic E-state index is 0.206. The van der Waals surface area contributed by atoms with Gasteiger partial charge in [0.05, 0.1) is 5.69 Å². The van der Waals surface area contributed by atoms with Crippen molar-refractivity contribution >= 4 is 23.2 Å². The summed E-state index contributed by atoms with van der Waals surface area (Å²) in [4.78, 5) is 19.4. The summed E-state index contributed by atoms with van der Waals surface area (Å²) in [6.45, 7) is 1.79. The number of hydrogen-bond acceptors (Lipinski definition) is 3. The molecular weight excluding hydrogens is 329 g/mol. The van der Waals surface area contributed by atoms with Gasteiger partial charge in [-0.1, -0.05) is 23.7 Å². The van der Waals surface area contributed by atoms with Crippen LogP contribution in [0.2, 0.25) is 5.02 Å². The van der Waals surface area contributed by atoms with Crippen molar-refractivity contribution in [2.45, 2.75) is 13.3 Å². The number of nitrogens with zero attached hydrogens (tertiary/aromatic N) is 1. The fraction of sp³-hybridized carbons (Fsp3) is 0.111. The van der Waals surface area contributed by atoms with Crippen LogP contribution in [0.15, 0.2) is 53.3 Å². The van der Waals surface area contributed by atoms with Crippen LogP contribution >= 0.6 is 11.6 Å². The third-order valence-electron chi connectivity index (χ3n) is 3.62. The van der Waals surface area contributed by atoms with Crippen LogP contribution in [0.5, 0.6) is 0 Å². The first-order valence-corrected chi connectivity index (χ1v) is 7.76. The van der Waals surface area contributed by atoms with Gasteiger partial charge in [0.15, 0.2) is 0 Å². The molecule has 2 N–H and O–H groups in total. The number of aromatic nitrogens is 2. The number of rotatable bonds is 4. The van der Waals surface area contributed by atoms with Crippen LogP contribution in [-0.2, 0) is 6.42 Å². The van der Waals surface area contributed by atoms with E-state index in [1.165, 1.54) is 12.1 Å². The Morgan fingerprint density at radius 2 is 1.79 bits per heavy atom. The zero-order valence-corrected chi connectivity index (χ0v) is 13.7. The standard InChI is InChI=1S/C18H15ClFN3O/c1-11-16(10-12-2-4-13(19)5-3-12)17(24)23-18(21-11)22-15-8-6-14(20)7-9-15/h2-9H,10H2,1H3,(H2,21,22,23,24). The number of aryl methyl sites for hydroxylation is 1. The summed E-state index contributed by atoms with van der Waals surface area (Å²) < 4.78 is 12.9. The lowest BCUT2D eigenvalue weighted by Gasteiger charge is -2.09. The molecule has 0 radical (unpaired) electrons. The van der Waals surface area contributed by atoms with Crippen molar-refractivity contribution in [2.24, 2.45) is 0 Å². The predicted molar refractivity (Wildman–Crippen MR) is 93.5 cm³/mol. The number of H-pyrrole nitrogens is 1. The third kappa shape index (κ3) is 3.81. The summed E-state index contributed by atoms with van der Waals surface area (Å²) in [7, 11) is 0. The maximum Gasteiger partial charge on any atom is 0.256 e. The van der Waals surface area contributed by atoms with Gasteiger partial charge in [-0.25, -0.2) is 9.37 Å². The van der Waals surface area contributed by atoms with Gasteiger partial charge in [-0.3, -0.25) is 9.78 Å². The molecule has 0 saturated carbocycles. The molecule has 0 fully saturated rings. The molecule has 0 unspecified atom stereocenters. The molecule has 1 heterocycles. The molecule has 0 atom stereocenters. The Labute approximate surface area is 143 Å². The number of aromatic amines is 1. The van der Waals surface area contributed by atoms with Gasteiger partial charge in [0.25, 0.3) is 5.56 Å². The van der Waals surface area contributed by atoms with Crippen LogP contribution in [0.1, 0.15) is 16.8 Å². The van der Waals surface area contributed by atoms with Crippen molar-refractivity contribution in [1.29, 1.82) is 0 Å². The molecule has 3 aromatic rings. The summed E-state index contributed by atoms with van der Waals surface area (Å²) in [6.07, 6.45) is 0.474. The molecule has 0 spiro atoms. The molecule has 0 bridgehead atoms. The molecule has 1 aromatic heterocycles. The van der Waals surface area contributed by atoms with Crippen LogP contribution in [0, 0.1) is 12.7 Å². The highest BCUT2D eigenvalue weighted by molar-refractivity contribution is 6.30. The summed E-state index contributed by atoms with van der Waals surface area (Å²) in [5.41, 5.74) is 2.65. The lowest BCUT2D eigenvalue weighted by Crippen LogP contribution is -2.18. The van der Waals surface area contributed by atoms with E-state index in [2.05, 4.69) is 15.3 Å². The molecule has 3 rings (SSSR count). The second-order valence-electron chi connectivity index (χ2n) is 5.41. The van der Waals surface area contributed by atoms with Gasteiger partial charge >= 0.3 is 0 Å². The Morgan fingerprint density at radius 1 is 1.12 bits per heavy atom. The second-order valence-corrected chi connectivity index (χ2v) is 5.85. The summed E-state index contributed by atoms with van der Waals surface area (Å²) in [5, 5.41) is 3.61. The van der Waals surface area contributed by atoms with Crippen molar-refractivity contribution in [2.75, 3.05) is 5.32 Å². The first-order chi connectivity index (χ1) is 11.5. The Bertz CT molecular complexity index is 905. The van der Waals surface area contributed by atoms with Crippen molar-refractivity contribution in [3.8, 4) is 0 Å². The third-order valence-corrected chi connectivity index (χ3v) is 3.88. The van der Waals surface area contributed by atoms with E-state index < -0.39 is 0 Å². The lowest BCUT2D eigenvalue weighted by molar-refractivity contribution is 0.628. The highest BCUT2D eigenvalue weighted by Crippen LogP contribution is 2.16. The average Bonchev–Trinajstić information content (AvgIpc) is 2.55. The van der Waals surface area contributed by atoms with Crippen LogP contribution < -0.4 is 10.9 Å². The Hall–Kier alpha value is -2.66. The van der Waals surface area contributed by atoms with Crippen LogP contribution in [0.25, 0.3) is 0 Å². The number of benzene rings is 2. The monoisotopic (exact) mass is 343 g/mol. The maximum atomic E-state index is 12.9. The normalized spacial score (nSPS) is 10.6. The predicted octanol–water partition coefficient (Wildman–Crippen LogP) is 4.21. The summed E-state index contributed by atoms with van der Waals surface area (Å²) in [5.74, 6) is 0.000426. The quantitative estimate of drug-likeness (QED) is 0.746. The molecule has 4 nitrogen and oxygen atoms in total. The molecule has 0 amide bonds. The Morgan fingerprint density at radius 3 is 2.42 bits per heavy atom. The van der Waals surface area contributed by atoms with Gasteiger partial charge < -0.3 is 5.32 Å². The minimum atomic E-state index is -0.323. The lowest BCUT2D eigenvalue weighted by atomic mass is 10.1. The molecule has 6 heteroatoms. The largest absolute Gasteiger partial charge is 0.326 e. The zero-order valence-electron chi connectivity index (χ0n) is 12.9. The molecule has 0 aliphatic heterocycles. The van der Waals surface area contributed by atoms with Crippen molar-refractivity contribution < 1.29 is 4.39 Å². The number of hydrogen-bond donors (Lipinski definition) is 2. The highest BCUT2D eigenvalue weighted by Gasteiger charge is 2.09. The van der Waals surface area contributed by atoms with Crippen molar-refractivity contribution in [1.82, 2.24) is 9.97 Å². The van der Waals surface area contributed by atoms with E-state index in [9.17, 15) is 9.18 Å². The van der Waals surface area contributed by atoms with Crippen LogP contribution in [-0.4, -0.2) is 9.97 Å². The zero-order chi connectivity index (χ0) is 17.1. The van der Waals surface area contributed by atoms with Gasteiger partial charge in [-0.15, -0.1) is 0 Å². The summed E-state index contributed by atoms with van der Waals surface area (Å²) in [6, 6.07) is 13.2. The fourth-order valence-electron chi connectivity index (χ4n) is 2.35. The van der Waals surface area contributed by atoms with Gasteiger partial charge in [0.1, 0.15) is 5.82 Å². The molecular formula is C18H15ClFN3O. The van der Waals surface area contributed by atoms with Crippen LogP contribution in [0.3, 0.4) is 0 Å². The average molecular weight is 344 g/mol. The molecule has 122 valence electrons. The van der Waals surface area contributed by atoms with Gasteiger partial charge in [-0.2, -0.15) is 0 Å². The van der Waals surface area contributed by atoms with Crippen LogP contribution in [0.4, 0.5) is 16.0 Å². The molecule has 24 heavy (non-hydrogen) atoms. The van der Waals surface area contributed by atoms with E-state index in [4.69, 9.17) is 11.6 Å². The fourth-order valence-corrected chi connectivity index (χ4v) is 2.48. The first kappa shape index (κ1) is 16.2. The van der Waals surface area contributed by atoms with Gasteiger partial charge in [0, 0.05) is 22.7 Å².